The van der Waals surface area contributed by atoms with E-state index in [-0.39, 0.29) is 5.69 Å². The molecule has 1 unspecified atom stereocenters. The van der Waals surface area contributed by atoms with Gasteiger partial charge in [0.2, 0.25) is 0 Å². The zero-order chi connectivity index (χ0) is 14.0. The Balaban J connectivity index is 2.20. The van der Waals surface area contributed by atoms with Gasteiger partial charge >= 0.3 is 5.97 Å². The highest BCUT2D eigenvalue weighted by Crippen LogP contribution is 2.26. The molecule has 0 saturated carbocycles. The lowest BCUT2D eigenvalue weighted by Crippen LogP contribution is -2.35. The number of likely N-dealkylation sites (tertiary alicyclic amines) is 1. The molecule has 2 rings (SSSR count). The molecule has 6 nitrogen and oxygen atoms in total. The lowest BCUT2D eigenvalue weighted by Gasteiger charge is -2.21. The molecule has 1 fully saturated rings. The maximum absolute atomic E-state index is 11.1. The summed E-state index contributed by atoms with van der Waals surface area (Å²) in [4.78, 5) is 23.1. The van der Waals surface area contributed by atoms with E-state index < -0.39 is 16.9 Å². The van der Waals surface area contributed by atoms with Crippen LogP contribution in [0.1, 0.15) is 18.4 Å². The maximum atomic E-state index is 11.1. The molecule has 0 aromatic heterocycles. The normalized spacial score (nSPS) is 19.5. The number of nitro groups is 1. The van der Waals surface area contributed by atoms with Crippen LogP contribution in [-0.4, -0.2) is 33.5 Å². The first kappa shape index (κ1) is 13.8. The van der Waals surface area contributed by atoms with E-state index in [1.807, 2.05) is 0 Å². The van der Waals surface area contributed by atoms with Crippen LogP contribution >= 0.6 is 11.6 Å². The van der Waals surface area contributed by atoms with Crippen molar-refractivity contribution in [3.63, 3.8) is 0 Å². The van der Waals surface area contributed by atoms with E-state index in [1.54, 1.807) is 4.90 Å². The number of carbonyl (C=O) groups is 1. The quantitative estimate of drug-likeness (QED) is 0.677. The molecule has 0 radical (unpaired) electrons. The second-order valence-electron chi connectivity index (χ2n) is 4.50. The Morgan fingerprint density at radius 2 is 2.32 bits per heavy atom. The van der Waals surface area contributed by atoms with Crippen LogP contribution in [0.15, 0.2) is 18.2 Å². The number of carboxylic acid groups (broad SMARTS) is 1. The van der Waals surface area contributed by atoms with Crippen molar-refractivity contribution in [3.8, 4) is 0 Å². The third kappa shape index (κ3) is 3.02. The summed E-state index contributed by atoms with van der Waals surface area (Å²) in [5.74, 6) is -0.862. The van der Waals surface area contributed by atoms with Gasteiger partial charge < -0.3 is 5.11 Å². The van der Waals surface area contributed by atoms with Gasteiger partial charge in [0.1, 0.15) is 6.04 Å². The highest BCUT2D eigenvalue weighted by Gasteiger charge is 2.30. The number of benzene rings is 1. The number of carboxylic acids is 1. The van der Waals surface area contributed by atoms with E-state index in [0.717, 1.165) is 6.42 Å². The summed E-state index contributed by atoms with van der Waals surface area (Å²) in [6, 6.07) is 3.68. The van der Waals surface area contributed by atoms with Gasteiger partial charge in [-0.15, -0.1) is 0 Å². The lowest BCUT2D eigenvalue weighted by molar-refractivity contribution is -0.384. The van der Waals surface area contributed by atoms with Gasteiger partial charge in [0.05, 0.1) is 4.92 Å². The smallest absolute Gasteiger partial charge is 0.320 e. The molecule has 1 atom stereocenters. The highest BCUT2D eigenvalue weighted by atomic mass is 35.5. The SMILES string of the molecule is O=C(O)C1CCCN1Cc1cc([N+](=O)[O-])ccc1Cl. The third-order valence-electron chi connectivity index (χ3n) is 3.26. The summed E-state index contributed by atoms with van der Waals surface area (Å²) < 4.78 is 0. The molecule has 0 spiro atoms. The molecule has 0 amide bonds. The summed E-state index contributed by atoms with van der Waals surface area (Å²) >= 11 is 6.01. The Hall–Kier alpha value is -1.66. The first-order chi connectivity index (χ1) is 8.99. The van der Waals surface area contributed by atoms with E-state index in [4.69, 9.17) is 16.7 Å². The number of nitrogens with zero attached hydrogens (tertiary/aromatic N) is 2. The molecule has 102 valence electrons. The summed E-state index contributed by atoms with van der Waals surface area (Å²) in [5.41, 5.74) is 0.550. The van der Waals surface area contributed by atoms with Crippen molar-refractivity contribution in [1.29, 1.82) is 0 Å². The largest absolute Gasteiger partial charge is 0.480 e. The van der Waals surface area contributed by atoms with E-state index in [1.165, 1.54) is 18.2 Å². The van der Waals surface area contributed by atoms with Crippen LogP contribution in [0, 0.1) is 10.1 Å². The number of non-ortho nitro benzene ring substituents is 1. The zero-order valence-corrected chi connectivity index (χ0v) is 10.8. The van der Waals surface area contributed by atoms with Crippen LogP contribution in [-0.2, 0) is 11.3 Å². The molecule has 1 saturated heterocycles. The van der Waals surface area contributed by atoms with Crippen LogP contribution in [0.2, 0.25) is 5.02 Å². The van der Waals surface area contributed by atoms with Crippen LogP contribution in [0.25, 0.3) is 0 Å². The van der Waals surface area contributed by atoms with Crippen molar-refractivity contribution in [3.05, 3.63) is 38.9 Å². The molecule has 0 bridgehead atoms. The molecular formula is C12H13ClN2O4. The third-order valence-corrected chi connectivity index (χ3v) is 3.63. The number of aliphatic carboxylic acids is 1. The molecule has 0 aliphatic carbocycles. The summed E-state index contributed by atoms with van der Waals surface area (Å²) in [6.45, 7) is 0.980. The second kappa shape index (κ2) is 5.54. The van der Waals surface area contributed by atoms with Gasteiger partial charge in [-0.2, -0.15) is 0 Å². The Bertz CT molecular complexity index is 520. The molecular weight excluding hydrogens is 272 g/mol. The molecule has 1 heterocycles. The summed E-state index contributed by atoms with van der Waals surface area (Å²) in [7, 11) is 0. The van der Waals surface area contributed by atoms with E-state index in [2.05, 4.69) is 0 Å². The number of rotatable bonds is 4. The van der Waals surface area contributed by atoms with Crippen LogP contribution in [0.5, 0.6) is 0 Å². The Labute approximate surface area is 114 Å². The van der Waals surface area contributed by atoms with E-state index in [0.29, 0.717) is 30.1 Å². The number of hydrogen-bond donors (Lipinski definition) is 1. The average Bonchev–Trinajstić information content (AvgIpc) is 2.80. The molecule has 1 aromatic rings. The molecule has 19 heavy (non-hydrogen) atoms. The monoisotopic (exact) mass is 284 g/mol. The van der Waals surface area contributed by atoms with Gasteiger partial charge in [-0.05, 0) is 31.0 Å². The van der Waals surface area contributed by atoms with Crippen LogP contribution in [0.3, 0.4) is 0 Å². The fraction of sp³-hybridized carbons (Fsp3) is 0.417. The standard InChI is InChI=1S/C12H13ClN2O4/c13-10-4-3-9(15(18)19)6-8(10)7-14-5-1-2-11(14)12(16)17/h3-4,6,11H,1-2,5,7H2,(H,16,17). The highest BCUT2D eigenvalue weighted by molar-refractivity contribution is 6.31. The summed E-state index contributed by atoms with van der Waals surface area (Å²) in [5, 5.41) is 20.2. The predicted octanol–water partition coefficient (Wildman–Crippen LogP) is 2.30. The van der Waals surface area contributed by atoms with Gasteiger partial charge in [-0.3, -0.25) is 19.8 Å². The molecule has 1 N–H and O–H groups in total. The Morgan fingerprint density at radius 3 is 2.95 bits per heavy atom. The van der Waals surface area contributed by atoms with Gasteiger partial charge in [0, 0.05) is 23.7 Å². The van der Waals surface area contributed by atoms with Crippen molar-refractivity contribution in [2.45, 2.75) is 25.4 Å². The predicted molar refractivity (Wildman–Crippen MR) is 69.2 cm³/mol. The van der Waals surface area contributed by atoms with Crippen molar-refractivity contribution in [2.75, 3.05) is 6.54 Å². The molecule has 1 aromatic carbocycles. The van der Waals surface area contributed by atoms with Crippen LogP contribution in [0.4, 0.5) is 5.69 Å². The zero-order valence-electron chi connectivity index (χ0n) is 10.1. The minimum Gasteiger partial charge on any atom is -0.480 e. The number of hydrogen-bond acceptors (Lipinski definition) is 4. The minimum atomic E-state index is -0.862. The van der Waals surface area contributed by atoms with Crippen molar-refractivity contribution >= 4 is 23.3 Å². The van der Waals surface area contributed by atoms with Crippen molar-refractivity contribution < 1.29 is 14.8 Å². The fourth-order valence-corrected chi connectivity index (χ4v) is 2.49. The first-order valence-corrected chi connectivity index (χ1v) is 6.26. The van der Waals surface area contributed by atoms with Gasteiger partial charge in [0.25, 0.3) is 5.69 Å². The maximum Gasteiger partial charge on any atom is 0.320 e. The molecule has 1 aliphatic heterocycles. The van der Waals surface area contributed by atoms with E-state index >= 15 is 0 Å². The van der Waals surface area contributed by atoms with Gasteiger partial charge in [0.15, 0.2) is 0 Å². The van der Waals surface area contributed by atoms with E-state index in [9.17, 15) is 14.9 Å². The summed E-state index contributed by atoms with van der Waals surface area (Å²) in [6.07, 6.45) is 1.41. The van der Waals surface area contributed by atoms with Crippen molar-refractivity contribution in [1.82, 2.24) is 4.90 Å². The number of nitro benzene ring substituents is 1. The Morgan fingerprint density at radius 1 is 1.58 bits per heavy atom. The van der Waals surface area contributed by atoms with Crippen LogP contribution < -0.4 is 0 Å². The Kier molecular flexibility index (Phi) is 4.01. The first-order valence-electron chi connectivity index (χ1n) is 5.88. The molecule has 7 heteroatoms. The lowest BCUT2D eigenvalue weighted by atomic mass is 10.1. The average molecular weight is 285 g/mol. The fourth-order valence-electron chi connectivity index (χ4n) is 2.31. The van der Waals surface area contributed by atoms with Crippen molar-refractivity contribution in [2.24, 2.45) is 0 Å². The molecule has 1 aliphatic rings. The van der Waals surface area contributed by atoms with Gasteiger partial charge in [-0.25, -0.2) is 0 Å². The van der Waals surface area contributed by atoms with Gasteiger partial charge in [-0.1, -0.05) is 11.6 Å². The number of halogens is 1. The second-order valence-corrected chi connectivity index (χ2v) is 4.91. The topological polar surface area (TPSA) is 83.7 Å². The minimum absolute atomic E-state index is 0.0366.